The Balaban J connectivity index is 2.51. The molecule has 0 aromatic rings. The van der Waals surface area contributed by atoms with Crippen LogP contribution in [0.4, 0.5) is 0 Å². The van der Waals surface area contributed by atoms with Gasteiger partial charge in [-0.1, -0.05) is 12.2 Å². The number of rotatable bonds is 6. The van der Waals surface area contributed by atoms with Crippen LogP contribution in [0.25, 0.3) is 0 Å². The molecule has 0 fully saturated rings. The normalized spacial score (nSPS) is 16.4. The molecule has 0 spiro atoms. The van der Waals surface area contributed by atoms with Crippen LogP contribution in [0.15, 0.2) is 22.0 Å². The predicted octanol–water partition coefficient (Wildman–Crippen LogP) is 2.00. The topological polar surface area (TPSA) is 40.5 Å². The van der Waals surface area contributed by atoms with Crippen molar-refractivity contribution in [2.24, 2.45) is 0 Å². The summed E-state index contributed by atoms with van der Waals surface area (Å²) in [5, 5.41) is 17.5. The zero-order chi connectivity index (χ0) is 10.2. The molecule has 2 nitrogen and oxygen atoms in total. The predicted molar refractivity (Wildman–Crippen MR) is 64.5 cm³/mol. The van der Waals surface area contributed by atoms with Crippen molar-refractivity contribution in [3.05, 3.63) is 22.0 Å². The summed E-state index contributed by atoms with van der Waals surface area (Å²) in [5.41, 5.74) is 0. The second kappa shape index (κ2) is 7.40. The van der Waals surface area contributed by atoms with Gasteiger partial charge in [0.25, 0.3) is 0 Å². The van der Waals surface area contributed by atoms with Crippen molar-refractivity contribution in [1.29, 1.82) is 0 Å². The number of hydrogen-bond acceptors (Lipinski definition) is 4. The van der Waals surface area contributed by atoms with E-state index in [1.54, 1.807) is 23.5 Å². The molecular formula is C10H16O2S2. The van der Waals surface area contributed by atoms with E-state index in [1.165, 1.54) is 9.81 Å². The molecule has 80 valence electrons. The summed E-state index contributed by atoms with van der Waals surface area (Å²) >= 11 is 3.43. The minimum Gasteiger partial charge on any atom is -0.396 e. The van der Waals surface area contributed by atoms with E-state index in [-0.39, 0.29) is 13.2 Å². The highest BCUT2D eigenvalue weighted by molar-refractivity contribution is 8.06. The Morgan fingerprint density at radius 3 is 2.57 bits per heavy atom. The summed E-state index contributed by atoms with van der Waals surface area (Å²) in [4.78, 5) is 2.63. The van der Waals surface area contributed by atoms with Crippen LogP contribution in [-0.2, 0) is 0 Å². The van der Waals surface area contributed by atoms with Crippen molar-refractivity contribution in [3.8, 4) is 0 Å². The Kier molecular flexibility index (Phi) is 6.43. The smallest absolute Gasteiger partial charge is 0.0525 e. The fourth-order valence-electron chi connectivity index (χ4n) is 1.22. The van der Waals surface area contributed by atoms with Crippen molar-refractivity contribution in [3.63, 3.8) is 0 Å². The van der Waals surface area contributed by atoms with Gasteiger partial charge in [0.1, 0.15) is 0 Å². The van der Waals surface area contributed by atoms with Crippen LogP contribution in [0, 0.1) is 0 Å². The number of aliphatic hydroxyl groups excluding tert-OH is 2. The number of allylic oxidation sites excluding steroid dienone is 3. The quantitative estimate of drug-likeness (QED) is 0.735. The second-order valence-corrected chi connectivity index (χ2v) is 5.20. The van der Waals surface area contributed by atoms with Gasteiger partial charge in [-0.15, -0.1) is 23.5 Å². The third-order valence-corrected chi connectivity index (χ3v) is 4.17. The van der Waals surface area contributed by atoms with Gasteiger partial charge in [-0.25, -0.2) is 0 Å². The first-order valence-electron chi connectivity index (χ1n) is 4.75. The van der Waals surface area contributed by atoms with Gasteiger partial charge in [-0.2, -0.15) is 0 Å². The minimum absolute atomic E-state index is 0.222. The molecule has 0 aromatic heterocycles. The van der Waals surface area contributed by atoms with Crippen molar-refractivity contribution in [2.75, 3.05) is 24.7 Å². The molecule has 0 amide bonds. The Labute approximate surface area is 93.5 Å². The average Bonchev–Trinajstić information content (AvgIpc) is 2.24. The number of aliphatic hydroxyl groups is 2. The fourth-order valence-corrected chi connectivity index (χ4v) is 3.15. The van der Waals surface area contributed by atoms with E-state index < -0.39 is 0 Å². The number of hydrogen-bond donors (Lipinski definition) is 2. The molecule has 0 atom stereocenters. The maximum absolute atomic E-state index is 8.75. The fraction of sp³-hybridized carbons (Fsp3) is 0.600. The maximum atomic E-state index is 8.75. The van der Waals surface area contributed by atoms with Crippen LogP contribution >= 0.6 is 23.5 Å². The molecule has 0 saturated heterocycles. The van der Waals surface area contributed by atoms with Crippen molar-refractivity contribution in [1.82, 2.24) is 0 Å². The van der Waals surface area contributed by atoms with Gasteiger partial charge in [-0.05, 0) is 17.7 Å². The van der Waals surface area contributed by atoms with Gasteiger partial charge >= 0.3 is 0 Å². The zero-order valence-electron chi connectivity index (χ0n) is 8.11. The molecule has 0 saturated carbocycles. The highest BCUT2D eigenvalue weighted by atomic mass is 32.2. The third kappa shape index (κ3) is 4.09. The summed E-state index contributed by atoms with van der Waals surface area (Å²) < 4.78 is 0. The molecule has 1 aliphatic carbocycles. The Morgan fingerprint density at radius 1 is 1.14 bits per heavy atom. The van der Waals surface area contributed by atoms with Gasteiger partial charge in [0.05, 0.1) is 13.2 Å². The lowest BCUT2D eigenvalue weighted by Crippen LogP contribution is -1.95. The summed E-state index contributed by atoms with van der Waals surface area (Å²) in [5.74, 6) is 1.52. The van der Waals surface area contributed by atoms with Crippen molar-refractivity contribution in [2.45, 2.75) is 12.8 Å². The van der Waals surface area contributed by atoms with Crippen molar-refractivity contribution < 1.29 is 10.2 Å². The molecule has 0 unspecified atom stereocenters. The van der Waals surface area contributed by atoms with Crippen LogP contribution in [0.5, 0.6) is 0 Å². The lowest BCUT2D eigenvalue weighted by atomic mass is 10.2. The van der Waals surface area contributed by atoms with E-state index >= 15 is 0 Å². The van der Waals surface area contributed by atoms with Crippen LogP contribution in [0.3, 0.4) is 0 Å². The van der Waals surface area contributed by atoms with Crippen LogP contribution in [0.1, 0.15) is 12.8 Å². The summed E-state index contributed by atoms with van der Waals surface area (Å²) in [6.45, 7) is 0.454. The standard InChI is InChI=1S/C10H16O2S2/c11-5-7-13-9-3-1-2-4-10(9)14-8-6-12/h1,3,11-12H,2,4-8H2. The molecule has 2 N–H and O–H groups in total. The van der Waals surface area contributed by atoms with E-state index in [2.05, 4.69) is 12.2 Å². The molecule has 14 heavy (non-hydrogen) atoms. The monoisotopic (exact) mass is 232 g/mol. The van der Waals surface area contributed by atoms with Crippen LogP contribution in [0.2, 0.25) is 0 Å². The van der Waals surface area contributed by atoms with Gasteiger partial charge in [0, 0.05) is 16.4 Å². The molecule has 0 bridgehead atoms. The van der Waals surface area contributed by atoms with Gasteiger partial charge < -0.3 is 10.2 Å². The SMILES string of the molecule is OCCSC1=C(SCCO)CCC=C1. The molecule has 1 aliphatic rings. The molecule has 0 heterocycles. The Morgan fingerprint density at radius 2 is 1.86 bits per heavy atom. The average molecular weight is 232 g/mol. The molecule has 1 rings (SSSR count). The van der Waals surface area contributed by atoms with Gasteiger partial charge in [0.15, 0.2) is 0 Å². The largest absolute Gasteiger partial charge is 0.396 e. The minimum atomic E-state index is 0.222. The lowest BCUT2D eigenvalue weighted by Gasteiger charge is -2.14. The highest BCUT2D eigenvalue weighted by Gasteiger charge is 2.08. The molecule has 0 aliphatic heterocycles. The summed E-state index contributed by atoms with van der Waals surface area (Å²) in [6, 6.07) is 0. The summed E-state index contributed by atoms with van der Waals surface area (Å²) in [6.07, 6.45) is 6.47. The molecular weight excluding hydrogens is 216 g/mol. The Hall–Kier alpha value is 0.100. The number of thioether (sulfide) groups is 2. The van der Waals surface area contributed by atoms with E-state index in [9.17, 15) is 0 Å². The first-order valence-corrected chi connectivity index (χ1v) is 6.72. The summed E-state index contributed by atoms with van der Waals surface area (Å²) in [7, 11) is 0. The molecule has 0 radical (unpaired) electrons. The first kappa shape index (κ1) is 12.2. The van der Waals surface area contributed by atoms with E-state index in [0.717, 1.165) is 24.3 Å². The Bertz CT molecular complexity index is 224. The van der Waals surface area contributed by atoms with E-state index in [4.69, 9.17) is 10.2 Å². The second-order valence-electron chi connectivity index (χ2n) is 2.87. The van der Waals surface area contributed by atoms with E-state index in [0.29, 0.717) is 0 Å². The van der Waals surface area contributed by atoms with Gasteiger partial charge in [0.2, 0.25) is 0 Å². The molecule has 0 aromatic carbocycles. The van der Waals surface area contributed by atoms with Crippen LogP contribution < -0.4 is 0 Å². The third-order valence-electron chi connectivity index (χ3n) is 1.80. The van der Waals surface area contributed by atoms with E-state index in [1.807, 2.05) is 0 Å². The first-order chi connectivity index (χ1) is 6.88. The zero-order valence-corrected chi connectivity index (χ0v) is 9.74. The van der Waals surface area contributed by atoms with Crippen LogP contribution in [-0.4, -0.2) is 34.9 Å². The molecule has 4 heteroatoms. The maximum Gasteiger partial charge on any atom is 0.0525 e. The van der Waals surface area contributed by atoms with Crippen molar-refractivity contribution >= 4 is 23.5 Å². The highest BCUT2D eigenvalue weighted by Crippen LogP contribution is 2.34. The van der Waals surface area contributed by atoms with Gasteiger partial charge in [-0.3, -0.25) is 0 Å². The lowest BCUT2D eigenvalue weighted by molar-refractivity contribution is 0.322.